The lowest BCUT2D eigenvalue weighted by molar-refractivity contribution is -0.143. The highest BCUT2D eigenvalue weighted by atomic mass is 16.4. The number of carboxylic acid groups (broad SMARTS) is 1. The van der Waals surface area contributed by atoms with E-state index in [0.29, 0.717) is 0 Å². The van der Waals surface area contributed by atoms with Gasteiger partial charge in [-0.15, -0.1) is 0 Å². The van der Waals surface area contributed by atoms with E-state index in [1.54, 1.807) is 13.8 Å². The van der Waals surface area contributed by atoms with Crippen LogP contribution in [0.5, 0.6) is 0 Å². The Kier molecular flexibility index (Phi) is 5.52. The standard InChI is InChI=1S/C19H21NO3/c1-13(2)17(19(22)23)20-18(21)16(14-9-5-3-6-10-14)15-11-7-4-8-12-15/h3-13,16-17H,1-2H3,(H,20,21)(H,22,23)/t17-/m0/s1. The van der Waals surface area contributed by atoms with Gasteiger partial charge in [-0.25, -0.2) is 4.79 Å². The molecule has 1 amide bonds. The third-order valence-corrected chi connectivity index (χ3v) is 3.76. The number of rotatable bonds is 6. The van der Waals surface area contributed by atoms with Gasteiger partial charge in [0.25, 0.3) is 0 Å². The Bertz CT molecular complexity index is 613. The first-order chi connectivity index (χ1) is 11.0. The van der Waals surface area contributed by atoms with Crippen LogP contribution in [0.4, 0.5) is 0 Å². The van der Waals surface area contributed by atoms with E-state index in [0.717, 1.165) is 11.1 Å². The third-order valence-electron chi connectivity index (χ3n) is 3.76. The maximum Gasteiger partial charge on any atom is 0.326 e. The predicted octanol–water partition coefficient (Wildman–Crippen LogP) is 3.04. The van der Waals surface area contributed by atoms with Crippen molar-refractivity contribution in [3.8, 4) is 0 Å². The number of amides is 1. The molecular weight excluding hydrogens is 290 g/mol. The van der Waals surface area contributed by atoms with Crippen LogP contribution in [-0.4, -0.2) is 23.0 Å². The van der Waals surface area contributed by atoms with Gasteiger partial charge in [-0.2, -0.15) is 0 Å². The lowest BCUT2D eigenvalue weighted by Crippen LogP contribution is -2.46. The predicted molar refractivity (Wildman–Crippen MR) is 89.1 cm³/mol. The van der Waals surface area contributed by atoms with Crippen molar-refractivity contribution >= 4 is 11.9 Å². The Morgan fingerprint density at radius 3 is 1.65 bits per heavy atom. The lowest BCUT2D eigenvalue weighted by Gasteiger charge is -2.23. The summed E-state index contributed by atoms with van der Waals surface area (Å²) in [5, 5.41) is 12.0. The fraction of sp³-hybridized carbons (Fsp3) is 0.263. The number of aliphatic carboxylic acids is 1. The van der Waals surface area contributed by atoms with Gasteiger partial charge in [0, 0.05) is 0 Å². The van der Waals surface area contributed by atoms with Crippen molar-refractivity contribution in [2.75, 3.05) is 0 Å². The van der Waals surface area contributed by atoms with E-state index in [-0.39, 0.29) is 11.8 Å². The Hall–Kier alpha value is -2.62. The molecule has 120 valence electrons. The zero-order valence-corrected chi connectivity index (χ0v) is 13.3. The number of hydrogen-bond acceptors (Lipinski definition) is 2. The van der Waals surface area contributed by atoms with Gasteiger partial charge in [-0.1, -0.05) is 74.5 Å². The highest BCUT2D eigenvalue weighted by Crippen LogP contribution is 2.25. The van der Waals surface area contributed by atoms with E-state index in [9.17, 15) is 14.7 Å². The molecule has 0 unspecified atom stereocenters. The Morgan fingerprint density at radius 2 is 1.30 bits per heavy atom. The summed E-state index contributed by atoms with van der Waals surface area (Å²) in [7, 11) is 0. The van der Waals surface area contributed by atoms with Gasteiger partial charge in [-0.05, 0) is 17.0 Å². The topological polar surface area (TPSA) is 66.4 Å². The van der Waals surface area contributed by atoms with Gasteiger partial charge in [-0.3, -0.25) is 4.79 Å². The first kappa shape index (κ1) is 16.7. The summed E-state index contributed by atoms with van der Waals surface area (Å²) in [6.45, 7) is 3.55. The molecule has 0 spiro atoms. The van der Waals surface area contributed by atoms with Gasteiger partial charge in [0.15, 0.2) is 0 Å². The summed E-state index contributed by atoms with van der Waals surface area (Å²) >= 11 is 0. The molecule has 2 aromatic carbocycles. The Labute approximate surface area is 136 Å². The maximum atomic E-state index is 12.8. The molecule has 4 nitrogen and oxygen atoms in total. The van der Waals surface area contributed by atoms with Crippen LogP contribution in [0.3, 0.4) is 0 Å². The zero-order chi connectivity index (χ0) is 16.8. The second kappa shape index (κ2) is 7.58. The molecule has 0 saturated heterocycles. The minimum Gasteiger partial charge on any atom is -0.480 e. The van der Waals surface area contributed by atoms with Crippen LogP contribution < -0.4 is 5.32 Å². The van der Waals surface area contributed by atoms with Crippen LogP contribution in [0.15, 0.2) is 60.7 Å². The van der Waals surface area contributed by atoms with E-state index in [2.05, 4.69) is 5.32 Å². The third kappa shape index (κ3) is 4.19. The molecule has 0 heterocycles. The fourth-order valence-electron chi connectivity index (χ4n) is 2.54. The van der Waals surface area contributed by atoms with Gasteiger partial charge in [0.1, 0.15) is 6.04 Å². The maximum absolute atomic E-state index is 12.8. The first-order valence-electron chi connectivity index (χ1n) is 7.63. The van der Waals surface area contributed by atoms with Gasteiger partial charge in [0.05, 0.1) is 5.92 Å². The van der Waals surface area contributed by atoms with E-state index < -0.39 is 17.9 Å². The van der Waals surface area contributed by atoms with Crippen molar-refractivity contribution in [2.24, 2.45) is 5.92 Å². The van der Waals surface area contributed by atoms with Crippen LogP contribution in [0.25, 0.3) is 0 Å². The second-order valence-corrected chi connectivity index (χ2v) is 5.82. The van der Waals surface area contributed by atoms with E-state index in [4.69, 9.17) is 0 Å². The summed E-state index contributed by atoms with van der Waals surface area (Å²) < 4.78 is 0. The molecule has 0 aromatic heterocycles. The molecule has 2 rings (SSSR count). The van der Waals surface area contributed by atoms with Crippen molar-refractivity contribution < 1.29 is 14.7 Å². The number of carboxylic acids is 1. The van der Waals surface area contributed by atoms with Gasteiger partial charge in [0.2, 0.25) is 5.91 Å². The number of hydrogen-bond donors (Lipinski definition) is 2. The van der Waals surface area contributed by atoms with Crippen molar-refractivity contribution in [2.45, 2.75) is 25.8 Å². The minimum absolute atomic E-state index is 0.191. The van der Waals surface area contributed by atoms with E-state index in [1.165, 1.54) is 0 Å². The normalized spacial score (nSPS) is 12.2. The summed E-state index contributed by atoms with van der Waals surface area (Å²) in [5.74, 6) is -2.04. The second-order valence-electron chi connectivity index (χ2n) is 5.82. The van der Waals surface area contributed by atoms with Crippen LogP contribution in [-0.2, 0) is 9.59 Å². The zero-order valence-electron chi connectivity index (χ0n) is 13.3. The summed E-state index contributed by atoms with van der Waals surface area (Å²) in [5.41, 5.74) is 1.67. The molecule has 2 N–H and O–H groups in total. The Morgan fingerprint density at radius 1 is 0.870 bits per heavy atom. The highest BCUT2D eigenvalue weighted by molar-refractivity contribution is 5.90. The molecule has 0 fully saturated rings. The highest BCUT2D eigenvalue weighted by Gasteiger charge is 2.29. The van der Waals surface area contributed by atoms with Crippen molar-refractivity contribution in [1.82, 2.24) is 5.32 Å². The monoisotopic (exact) mass is 311 g/mol. The molecular formula is C19H21NO3. The summed E-state index contributed by atoms with van der Waals surface area (Å²) in [6.07, 6.45) is 0. The smallest absolute Gasteiger partial charge is 0.326 e. The van der Waals surface area contributed by atoms with Crippen molar-refractivity contribution in [3.63, 3.8) is 0 Å². The van der Waals surface area contributed by atoms with E-state index in [1.807, 2.05) is 60.7 Å². The number of carbonyl (C=O) groups is 2. The molecule has 4 heteroatoms. The van der Waals surface area contributed by atoms with Crippen molar-refractivity contribution in [1.29, 1.82) is 0 Å². The molecule has 23 heavy (non-hydrogen) atoms. The molecule has 0 aliphatic carbocycles. The van der Waals surface area contributed by atoms with Gasteiger partial charge >= 0.3 is 5.97 Å². The number of carbonyl (C=O) groups excluding carboxylic acids is 1. The van der Waals surface area contributed by atoms with Gasteiger partial charge < -0.3 is 10.4 Å². The minimum atomic E-state index is -1.02. The molecule has 0 saturated carbocycles. The lowest BCUT2D eigenvalue weighted by atomic mass is 9.90. The SMILES string of the molecule is CC(C)[C@H](NC(=O)C(c1ccccc1)c1ccccc1)C(=O)O. The first-order valence-corrected chi connectivity index (χ1v) is 7.63. The van der Waals surface area contributed by atoms with Crippen LogP contribution in [0, 0.1) is 5.92 Å². The fourth-order valence-corrected chi connectivity index (χ4v) is 2.54. The average Bonchev–Trinajstić information content (AvgIpc) is 2.54. The Balaban J connectivity index is 2.34. The average molecular weight is 311 g/mol. The van der Waals surface area contributed by atoms with Crippen LogP contribution in [0.2, 0.25) is 0 Å². The number of nitrogens with one attached hydrogen (secondary N) is 1. The molecule has 0 aliphatic rings. The van der Waals surface area contributed by atoms with Crippen LogP contribution in [0.1, 0.15) is 30.9 Å². The molecule has 2 aromatic rings. The molecule has 0 radical (unpaired) electrons. The number of benzene rings is 2. The van der Waals surface area contributed by atoms with E-state index >= 15 is 0 Å². The van der Waals surface area contributed by atoms with Crippen LogP contribution >= 0.6 is 0 Å². The van der Waals surface area contributed by atoms with Crippen molar-refractivity contribution in [3.05, 3.63) is 71.8 Å². The molecule has 1 atom stereocenters. The quantitative estimate of drug-likeness (QED) is 0.861. The molecule has 0 bridgehead atoms. The summed E-state index contributed by atoms with van der Waals surface area (Å²) in [4.78, 5) is 24.1. The summed E-state index contributed by atoms with van der Waals surface area (Å²) in [6, 6.07) is 17.9. The molecule has 0 aliphatic heterocycles. The largest absolute Gasteiger partial charge is 0.480 e.